The molecular formula is C32H29FN2O6S. The van der Waals surface area contributed by atoms with Crippen molar-refractivity contribution >= 4 is 40.6 Å². The molecule has 0 radical (unpaired) electrons. The normalized spacial score (nSPS) is 13.7. The summed E-state index contributed by atoms with van der Waals surface area (Å²) in [6, 6.07) is 17.6. The van der Waals surface area contributed by atoms with Crippen LogP contribution >= 0.6 is 11.3 Å². The minimum absolute atomic E-state index is 0.124. The molecule has 216 valence electrons. The molecule has 5 rings (SSSR count). The molecule has 1 aromatic heterocycles. The van der Waals surface area contributed by atoms with Gasteiger partial charge in [0.1, 0.15) is 34.3 Å². The minimum Gasteiger partial charge on any atom is -0.496 e. The van der Waals surface area contributed by atoms with Crippen LogP contribution in [0.1, 0.15) is 44.3 Å². The largest absolute Gasteiger partial charge is 0.496 e. The number of anilines is 2. The second kappa shape index (κ2) is 11.3. The Hall–Kier alpha value is -4.70. The number of ether oxygens (including phenoxy) is 3. The number of methoxy groups -OCH3 is 1. The lowest BCUT2D eigenvalue weighted by Gasteiger charge is -2.39. The van der Waals surface area contributed by atoms with Crippen molar-refractivity contribution < 1.29 is 33.0 Å². The number of hydrogen-bond acceptors (Lipinski definition) is 8. The Morgan fingerprint density at radius 2 is 1.74 bits per heavy atom. The molecule has 0 fully saturated rings. The first-order valence-electron chi connectivity index (χ1n) is 13.1. The van der Waals surface area contributed by atoms with E-state index in [9.17, 15) is 18.8 Å². The first-order chi connectivity index (χ1) is 20.0. The first-order valence-corrected chi connectivity index (χ1v) is 13.9. The van der Waals surface area contributed by atoms with Gasteiger partial charge in [-0.15, -0.1) is 11.3 Å². The third-order valence-electron chi connectivity index (χ3n) is 6.96. The van der Waals surface area contributed by atoms with E-state index in [4.69, 9.17) is 14.2 Å². The van der Waals surface area contributed by atoms with E-state index in [0.29, 0.717) is 38.7 Å². The van der Waals surface area contributed by atoms with Crippen LogP contribution in [0.5, 0.6) is 11.5 Å². The fourth-order valence-electron chi connectivity index (χ4n) is 4.93. The summed E-state index contributed by atoms with van der Waals surface area (Å²) in [5.74, 6) is -1.66. The van der Waals surface area contributed by atoms with Gasteiger partial charge in [0.25, 0.3) is 5.91 Å². The zero-order chi connectivity index (χ0) is 30.2. The van der Waals surface area contributed by atoms with Gasteiger partial charge in [-0.3, -0.25) is 4.79 Å². The molecule has 42 heavy (non-hydrogen) atoms. The lowest BCUT2D eigenvalue weighted by atomic mass is 9.91. The number of nitrogens with one attached hydrogen (secondary N) is 1. The van der Waals surface area contributed by atoms with Crippen LogP contribution in [0, 0.1) is 12.7 Å². The number of hydrogen-bond donors (Lipinski definition) is 1. The van der Waals surface area contributed by atoms with E-state index in [-0.39, 0.29) is 23.8 Å². The summed E-state index contributed by atoms with van der Waals surface area (Å²) in [5, 5.41) is 3.29. The number of thiophene rings is 1. The van der Waals surface area contributed by atoms with Crippen LogP contribution in [0.15, 0.2) is 66.7 Å². The van der Waals surface area contributed by atoms with Gasteiger partial charge in [0.05, 0.1) is 24.0 Å². The fourth-order valence-corrected chi connectivity index (χ4v) is 5.69. The van der Waals surface area contributed by atoms with Crippen molar-refractivity contribution in [2.45, 2.75) is 32.9 Å². The zero-order valence-electron chi connectivity index (χ0n) is 23.7. The highest BCUT2D eigenvalue weighted by molar-refractivity contribution is 7.13. The lowest BCUT2D eigenvalue weighted by molar-refractivity contribution is -0.121. The van der Waals surface area contributed by atoms with Crippen molar-refractivity contribution in [1.82, 2.24) is 0 Å². The Morgan fingerprint density at radius 3 is 2.43 bits per heavy atom. The molecule has 1 aliphatic heterocycles. The lowest BCUT2D eigenvalue weighted by Crippen LogP contribution is -2.52. The molecule has 0 spiro atoms. The number of aryl methyl sites for hydroxylation is 1. The van der Waals surface area contributed by atoms with Crippen molar-refractivity contribution in [3.05, 3.63) is 93.4 Å². The van der Waals surface area contributed by atoms with Crippen LogP contribution in [0.3, 0.4) is 0 Å². The number of likely N-dealkylation sites (N-methyl/N-ethyl adjacent to an activating group) is 1. The molecule has 4 aromatic rings. The average molecular weight is 589 g/mol. The van der Waals surface area contributed by atoms with Crippen LogP contribution in [-0.4, -0.2) is 37.5 Å². The fraction of sp³-hybridized carbons (Fsp3) is 0.219. The van der Waals surface area contributed by atoms with Crippen LogP contribution in [0.4, 0.5) is 15.8 Å². The van der Waals surface area contributed by atoms with Crippen molar-refractivity contribution in [2.75, 3.05) is 24.4 Å². The topological polar surface area (TPSA) is 94.2 Å². The summed E-state index contributed by atoms with van der Waals surface area (Å²) in [7, 11) is 3.15. The van der Waals surface area contributed by atoms with Gasteiger partial charge >= 0.3 is 11.9 Å². The SMILES string of the molecule is COc1cc(OC(=O)c2ccccc2F)ccc1-c1ccc2c(c1COC(=O)c1ccc(C)s1)N(C)C(=O)C(C)(C)N2. The van der Waals surface area contributed by atoms with E-state index in [2.05, 4.69) is 5.32 Å². The second-order valence-corrected chi connectivity index (χ2v) is 11.6. The number of carbonyl (C=O) groups excluding carboxylic acids is 3. The molecular weight excluding hydrogens is 559 g/mol. The number of fused-ring (bicyclic) bond motifs is 1. The molecule has 8 nitrogen and oxygen atoms in total. The Morgan fingerprint density at radius 1 is 1.00 bits per heavy atom. The second-order valence-electron chi connectivity index (χ2n) is 10.3. The van der Waals surface area contributed by atoms with Gasteiger partial charge in [-0.1, -0.05) is 18.2 Å². The minimum atomic E-state index is -0.845. The van der Waals surface area contributed by atoms with Crippen LogP contribution in [-0.2, 0) is 16.1 Å². The maximum atomic E-state index is 14.1. The zero-order valence-corrected chi connectivity index (χ0v) is 24.6. The highest BCUT2D eigenvalue weighted by Gasteiger charge is 2.39. The molecule has 1 amide bonds. The van der Waals surface area contributed by atoms with Crippen LogP contribution in [0.25, 0.3) is 11.1 Å². The van der Waals surface area contributed by atoms with Gasteiger partial charge in [0, 0.05) is 29.1 Å². The average Bonchev–Trinajstić information content (AvgIpc) is 3.40. The number of esters is 2. The Balaban J connectivity index is 1.55. The predicted molar refractivity (Wildman–Crippen MR) is 159 cm³/mol. The number of carbonyl (C=O) groups is 3. The summed E-state index contributed by atoms with van der Waals surface area (Å²) in [6.07, 6.45) is 0. The number of halogens is 1. The van der Waals surface area contributed by atoms with Gasteiger partial charge in [-0.05, 0) is 68.8 Å². The number of benzene rings is 3. The molecule has 0 saturated heterocycles. The summed E-state index contributed by atoms with van der Waals surface area (Å²) >= 11 is 1.34. The van der Waals surface area contributed by atoms with Gasteiger partial charge in [-0.25, -0.2) is 14.0 Å². The van der Waals surface area contributed by atoms with E-state index in [1.165, 1.54) is 42.7 Å². The smallest absolute Gasteiger partial charge is 0.348 e. The molecule has 1 aliphatic rings. The van der Waals surface area contributed by atoms with Crippen molar-refractivity contribution in [2.24, 2.45) is 0 Å². The van der Waals surface area contributed by atoms with E-state index in [1.807, 2.05) is 25.1 Å². The van der Waals surface area contributed by atoms with E-state index < -0.39 is 23.3 Å². The number of amides is 1. The molecule has 2 heterocycles. The number of nitrogens with zero attached hydrogens (tertiary/aromatic N) is 1. The van der Waals surface area contributed by atoms with Gasteiger partial charge in [0.15, 0.2) is 0 Å². The first kappa shape index (κ1) is 28.8. The van der Waals surface area contributed by atoms with Crippen molar-refractivity contribution in [3.63, 3.8) is 0 Å². The highest BCUT2D eigenvalue weighted by Crippen LogP contribution is 2.45. The maximum absolute atomic E-state index is 14.1. The molecule has 1 N–H and O–H groups in total. The van der Waals surface area contributed by atoms with Gasteiger partial charge in [0.2, 0.25) is 0 Å². The summed E-state index contributed by atoms with van der Waals surface area (Å²) in [6.45, 7) is 5.38. The van der Waals surface area contributed by atoms with E-state index in [1.54, 1.807) is 50.1 Å². The molecule has 3 aromatic carbocycles. The highest BCUT2D eigenvalue weighted by atomic mass is 32.1. The Bertz CT molecular complexity index is 1710. The third kappa shape index (κ3) is 5.45. The summed E-state index contributed by atoms with van der Waals surface area (Å²) in [5.41, 5.74) is 2.09. The molecule has 0 atom stereocenters. The van der Waals surface area contributed by atoms with E-state index in [0.717, 1.165) is 4.88 Å². The van der Waals surface area contributed by atoms with Gasteiger partial charge in [-0.2, -0.15) is 0 Å². The van der Waals surface area contributed by atoms with Crippen molar-refractivity contribution in [3.8, 4) is 22.6 Å². The molecule has 0 unspecified atom stereocenters. The number of rotatable bonds is 7. The Labute approximate surface area is 246 Å². The molecule has 0 bridgehead atoms. The maximum Gasteiger partial charge on any atom is 0.348 e. The third-order valence-corrected chi connectivity index (χ3v) is 7.94. The standard InChI is InChI=1S/C32H29FN2O6S/c1-18-10-15-27(42-18)30(37)40-17-23-20(13-14-25-28(23)35(4)31(38)32(2,3)34-25)21-12-11-19(16-26(21)39-5)41-29(36)22-8-6-7-9-24(22)33/h6-16,34H,17H2,1-5H3. The van der Waals surface area contributed by atoms with Gasteiger partial charge < -0.3 is 24.4 Å². The molecule has 0 aliphatic carbocycles. The van der Waals surface area contributed by atoms with E-state index >= 15 is 0 Å². The Kier molecular flexibility index (Phi) is 7.74. The quantitative estimate of drug-likeness (QED) is 0.192. The molecule has 10 heteroatoms. The van der Waals surface area contributed by atoms with Crippen LogP contribution < -0.4 is 19.7 Å². The summed E-state index contributed by atoms with van der Waals surface area (Å²) < 4.78 is 31.0. The summed E-state index contributed by atoms with van der Waals surface area (Å²) in [4.78, 5) is 41.8. The van der Waals surface area contributed by atoms with Crippen molar-refractivity contribution in [1.29, 1.82) is 0 Å². The monoisotopic (exact) mass is 588 g/mol. The van der Waals surface area contributed by atoms with Crippen LogP contribution in [0.2, 0.25) is 0 Å². The molecule has 0 saturated carbocycles. The predicted octanol–water partition coefficient (Wildman–Crippen LogP) is 6.61.